The number of nitrogens with one attached hydrogen (secondary N) is 1. The summed E-state index contributed by atoms with van der Waals surface area (Å²) in [5, 5.41) is 0.957. The molecule has 0 spiro atoms. The van der Waals surface area contributed by atoms with Crippen LogP contribution in [-0.2, 0) is 22.4 Å². The van der Waals surface area contributed by atoms with E-state index < -0.39 is 0 Å². The van der Waals surface area contributed by atoms with Crippen LogP contribution < -0.4 is 4.74 Å². The maximum absolute atomic E-state index is 13.1. The smallest absolute Gasteiger partial charge is 0.337 e. The summed E-state index contributed by atoms with van der Waals surface area (Å²) in [6.07, 6.45) is 3.02. The molecular formula is C25H26N2O5. The van der Waals surface area contributed by atoms with Crippen molar-refractivity contribution in [1.29, 1.82) is 0 Å². The minimum absolute atomic E-state index is 0.0141. The Labute approximate surface area is 186 Å². The normalized spacial score (nSPS) is 17.9. The number of H-pyrrole nitrogens is 1. The summed E-state index contributed by atoms with van der Waals surface area (Å²) in [5.74, 6) is 0.358. The molecule has 1 aromatic heterocycles. The number of aromatic amines is 1. The first kappa shape index (κ1) is 20.6. The first-order valence-electron chi connectivity index (χ1n) is 11.0. The van der Waals surface area contributed by atoms with Crippen LogP contribution in [-0.4, -0.2) is 54.7 Å². The molecule has 1 N–H and O–H groups in total. The van der Waals surface area contributed by atoms with Crippen molar-refractivity contribution in [3.8, 4) is 5.75 Å². The minimum Gasteiger partial charge on any atom is -0.491 e. The topological polar surface area (TPSA) is 80.9 Å². The number of fused-ring (bicyclic) bond motifs is 3. The summed E-state index contributed by atoms with van der Waals surface area (Å²) in [5.41, 5.74) is 4.27. The van der Waals surface area contributed by atoms with Gasteiger partial charge in [-0.05, 0) is 55.3 Å². The van der Waals surface area contributed by atoms with Crippen molar-refractivity contribution in [2.45, 2.75) is 31.9 Å². The molecule has 0 radical (unpaired) electrons. The first-order valence-corrected chi connectivity index (χ1v) is 11.0. The van der Waals surface area contributed by atoms with Gasteiger partial charge < -0.3 is 24.1 Å². The fourth-order valence-corrected chi connectivity index (χ4v) is 4.47. The van der Waals surface area contributed by atoms with Crippen molar-refractivity contribution in [2.24, 2.45) is 0 Å². The molecule has 1 atom stereocenters. The predicted molar refractivity (Wildman–Crippen MR) is 119 cm³/mol. The highest BCUT2D eigenvalue weighted by molar-refractivity contribution is 5.97. The van der Waals surface area contributed by atoms with Crippen LogP contribution in [0.4, 0.5) is 0 Å². The number of nitrogens with zero attached hydrogens (tertiary/aromatic N) is 1. The van der Waals surface area contributed by atoms with E-state index in [9.17, 15) is 9.59 Å². The van der Waals surface area contributed by atoms with Crippen LogP contribution in [0.3, 0.4) is 0 Å². The van der Waals surface area contributed by atoms with Crippen molar-refractivity contribution in [3.63, 3.8) is 0 Å². The molecule has 1 amide bonds. The van der Waals surface area contributed by atoms with Crippen LogP contribution in [0.1, 0.15) is 44.8 Å². The summed E-state index contributed by atoms with van der Waals surface area (Å²) in [6, 6.07) is 12.8. The highest BCUT2D eigenvalue weighted by atomic mass is 16.5. The SMILES string of the molecule is COC(=O)c1ccc2[nH]c3c(c2c1)CN(C(=O)c1ccc(OC[C@H]2CCCO2)cc1)CC3. The van der Waals surface area contributed by atoms with Crippen molar-refractivity contribution in [3.05, 3.63) is 64.8 Å². The minimum atomic E-state index is -0.368. The lowest BCUT2D eigenvalue weighted by Gasteiger charge is -2.27. The molecule has 1 saturated heterocycles. The third kappa shape index (κ3) is 3.96. The lowest BCUT2D eigenvalue weighted by atomic mass is 10.0. The molecule has 2 aliphatic heterocycles. The monoisotopic (exact) mass is 434 g/mol. The van der Waals surface area contributed by atoms with E-state index in [0.29, 0.717) is 30.8 Å². The van der Waals surface area contributed by atoms with E-state index in [4.69, 9.17) is 14.2 Å². The second kappa shape index (κ2) is 8.67. The fourth-order valence-electron chi connectivity index (χ4n) is 4.47. The number of rotatable bonds is 5. The Bertz CT molecular complexity index is 1150. The highest BCUT2D eigenvalue weighted by Gasteiger charge is 2.25. The average Bonchev–Trinajstić information content (AvgIpc) is 3.49. The number of hydrogen-bond acceptors (Lipinski definition) is 5. The first-order chi connectivity index (χ1) is 15.6. The van der Waals surface area contributed by atoms with Crippen LogP contribution in [0.5, 0.6) is 5.75 Å². The molecule has 3 aromatic rings. The Morgan fingerprint density at radius 3 is 2.72 bits per heavy atom. The number of carbonyl (C=O) groups excluding carboxylic acids is 2. The van der Waals surface area contributed by atoms with Crippen LogP contribution in [0.2, 0.25) is 0 Å². The molecule has 1 fully saturated rings. The summed E-state index contributed by atoms with van der Waals surface area (Å²) < 4.78 is 16.2. The largest absolute Gasteiger partial charge is 0.491 e. The average molecular weight is 434 g/mol. The zero-order valence-electron chi connectivity index (χ0n) is 18.1. The van der Waals surface area contributed by atoms with Crippen molar-refractivity contribution in [1.82, 2.24) is 9.88 Å². The van der Waals surface area contributed by atoms with E-state index in [2.05, 4.69) is 4.98 Å². The van der Waals surface area contributed by atoms with Crippen LogP contribution in [0.25, 0.3) is 10.9 Å². The highest BCUT2D eigenvalue weighted by Crippen LogP contribution is 2.29. The standard InChI is InChI=1S/C25H26N2O5/c1-30-25(29)17-6-9-22-20(13-17)21-14-27(11-10-23(21)26-22)24(28)16-4-7-18(8-5-16)32-15-19-3-2-12-31-19/h4-9,13,19,26H,2-3,10-12,14-15H2,1H3/t19-/m1/s1. The second-order valence-corrected chi connectivity index (χ2v) is 8.28. The van der Waals surface area contributed by atoms with Gasteiger partial charge in [0.15, 0.2) is 0 Å². The number of amides is 1. The zero-order chi connectivity index (χ0) is 22.1. The second-order valence-electron chi connectivity index (χ2n) is 8.28. The van der Waals surface area contributed by atoms with Gasteiger partial charge in [-0.3, -0.25) is 4.79 Å². The van der Waals surface area contributed by atoms with Crippen LogP contribution in [0.15, 0.2) is 42.5 Å². The zero-order valence-corrected chi connectivity index (χ0v) is 18.1. The lowest BCUT2D eigenvalue weighted by molar-refractivity contribution is 0.0600. The van der Waals surface area contributed by atoms with E-state index in [1.165, 1.54) is 7.11 Å². The molecule has 2 aromatic carbocycles. The van der Waals surface area contributed by atoms with Crippen LogP contribution >= 0.6 is 0 Å². The van der Waals surface area contributed by atoms with Gasteiger partial charge in [0.2, 0.25) is 0 Å². The third-order valence-electron chi connectivity index (χ3n) is 6.24. The third-order valence-corrected chi connectivity index (χ3v) is 6.24. The Balaban J connectivity index is 1.30. The predicted octanol–water partition coefficient (Wildman–Crippen LogP) is 3.71. The van der Waals surface area contributed by atoms with Gasteiger partial charge in [0.1, 0.15) is 12.4 Å². The summed E-state index contributed by atoms with van der Waals surface area (Å²) >= 11 is 0. The van der Waals surface area contributed by atoms with Gasteiger partial charge in [0, 0.05) is 53.8 Å². The molecule has 3 heterocycles. The summed E-state index contributed by atoms with van der Waals surface area (Å²) in [7, 11) is 1.37. The summed E-state index contributed by atoms with van der Waals surface area (Å²) in [6.45, 7) is 2.48. The number of methoxy groups -OCH3 is 1. The Hall–Kier alpha value is -3.32. The molecule has 7 nitrogen and oxygen atoms in total. The number of benzene rings is 2. The van der Waals surface area contributed by atoms with Gasteiger partial charge in [0.05, 0.1) is 18.8 Å². The number of ether oxygens (including phenoxy) is 3. The molecule has 166 valence electrons. The van der Waals surface area contributed by atoms with Gasteiger partial charge in [-0.25, -0.2) is 4.79 Å². The van der Waals surface area contributed by atoms with Gasteiger partial charge >= 0.3 is 5.97 Å². The molecule has 5 rings (SSSR count). The fraction of sp³-hybridized carbons (Fsp3) is 0.360. The molecule has 0 aliphatic carbocycles. The Morgan fingerprint density at radius 2 is 1.97 bits per heavy atom. The molecule has 0 bridgehead atoms. The number of carbonyl (C=O) groups is 2. The van der Waals surface area contributed by atoms with Gasteiger partial charge in [0.25, 0.3) is 5.91 Å². The quantitative estimate of drug-likeness (QED) is 0.619. The van der Waals surface area contributed by atoms with Gasteiger partial charge in [-0.2, -0.15) is 0 Å². The van der Waals surface area contributed by atoms with Crippen molar-refractivity contribution < 1.29 is 23.8 Å². The molecule has 0 unspecified atom stereocenters. The molecule has 0 saturated carbocycles. The lowest BCUT2D eigenvalue weighted by Crippen LogP contribution is -2.35. The van der Waals surface area contributed by atoms with E-state index in [1.807, 2.05) is 41.3 Å². The number of esters is 1. The molecular weight excluding hydrogens is 408 g/mol. The molecule has 7 heteroatoms. The van der Waals surface area contributed by atoms with Crippen molar-refractivity contribution >= 4 is 22.8 Å². The van der Waals surface area contributed by atoms with Gasteiger partial charge in [-0.1, -0.05) is 0 Å². The van der Waals surface area contributed by atoms with Gasteiger partial charge in [-0.15, -0.1) is 0 Å². The van der Waals surface area contributed by atoms with E-state index >= 15 is 0 Å². The molecule has 2 aliphatic rings. The number of hydrogen-bond donors (Lipinski definition) is 1. The number of aromatic nitrogens is 1. The van der Waals surface area contributed by atoms with E-state index in [1.54, 1.807) is 6.07 Å². The Morgan fingerprint density at radius 1 is 1.16 bits per heavy atom. The van der Waals surface area contributed by atoms with E-state index in [0.717, 1.165) is 53.8 Å². The van der Waals surface area contributed by atoms with E-state index in [-0.39, 0.29) is 18.0 Å². The van der Waals surface area contributed by atoms with Crippen molar-refractivity contribution in [2.75, 3.05) is 26.9 Å². The van der Waals surface area contributed by atoms with Crippen LogP contribution in [0, 0.1) is 0 Å². The maximum atomic E-state index is 13.1. The molecule has 32 heavy (non-hydrogen) atoms. The summed E-state index contributed by atoms with van der Waals surface area (Å²) in [4.78, 5) is 30.4. The Kier molecular flexibility index (Phi) is 5.57. The maximum Gasteiger partial charge on any atom is 0.337 e.